The molecule has 524 valence electrons. The van der Waals surface area contributed by atoms with Crippen molar-refractivity contribution in [2.24, 2.45) is 0 Å². The minimum absolute atomic E-state index is 0.0107. The number of amides is 1. The number of allylic oxidation sites excluding steroid dienone is 5. The molecule has 89 heavy (non-hydrogen) atoms. The Hall–Kier alpha value is -2.12. The standard InChI is InChI=1S/C78H147NO10/c1-3-5-7-9-11-13-14-15-16-36-40-43-46-50-54-58-62-66-74(83)87-67-63-59-55-51-47-44-41-38-35-33-31-29-27-25-23-21-19-17-18-20-22-24-26-28-30-32-34-37-39-42-45-49-53-57-61-65-73(82)79-70(71(81)64-60-56-52-48-12-10-8-6-4-2)69-88-78-77(86)76(85)75(84)72(68-80)89-78/h15-16,19,21,60,64,70-72,75-78,80-81,84-86H,3-14,17-18,20,22-59,61-63,65-69H2,1-2H3,(H,79,82)/b16-15-,21-19-,64-60+. The van der Waals surface area contributed by atoms with E-state index in [0.717, 1.165) is 57.8 Å². The van der Waals surface area contributed by atoms with Crippen LogP contribution in [0, 0.1) is 0 Å². The molecule has 0 aromatic heterocycles. The molecule has 6 N–H and O–H groups in total. The lowest BCUT2D eigenvalue weighted by Gasteiger charge is -2.40. The third-order valence-corrected chi connectivity index (χ3v) is 18.5. The van der Waals surface area contributed by atoms with Crippen LogP contribution < -0.4 is 5.32 Å². The maximum absolute atomic E-state index is 13.0. The van der Waals surface area contributed by atoms with Gasteiger partial charge in [-0.1, -0.05) is 326 Å². The average molecular weight is 1260 g/mol. The Balaban J connectivity index is 1.86. The first-order valence-corrected chi connectivity index (χ1v) is 38.8. The summed E-state index contributed by atoms with van der Waals surface area (Å²) in [6.45, 7) is 4.35. The van der Waals surface area contributed by atoms with Crippen LogP contribution in [0.5, 0.6) is 0 Å². The molecule has 1 fully saturated rings. The number of nitrogens with one attached hydrogen (secondary N) is 1. The van der Waals surface area contributed by atoms with Gasteiger partial charge in [0.1, 0.15) is 24.4 Å². The van der Waals surface area contributed by atoms with Crippen molar-refractivity contribution < 1.29 is 49.3 Å². The monoisotopic (exact) mass is 1260 g/mol. The second kappa shape index (κ2) is 67.3. The van der Waals surface area contributed by atoms with Gasteiger partial charge in [0.25, 0.3) is 0 Å². The number of carbonyl (C=O) groups is 2. The topological polar surface area (TPSA) is 175 Å². The molecule has 1 aliphatic rings. The molecule has 7 unspecified atom stereocenters. The molecule has 7 atom stereocenters. The summed E-state index contributed by atoms with van der Waals surface area (Å²) in [5.41, 5.74) is 0. The van der Waals surface area contributed by atoms with E-state index in [9.17, 15) is 35.1 Å². The van der Waals surface area contributed by atoms with Crippen molar-refractivity contribution in [2.45, 2.75) is 429 Å². The predicted molar refractivity (Wildman–Crippen MR) is 375 cm³/mol. The van der Waals surface area contributed by atoms with Crippen LogP contribution in [0.25, 0.3) is 0 Å². The van der Waals surface area contributed by atoms with E-state index in [0.29, 0.717) is 19.4 Å². The van der Waals surface area contributed by atoms with Gasteiger partial charge in [0.15, 0.2) is 6.29 Å². The van der Waals surface area contributed by atoms with Crippen molar-refractivity contribution in [1.29, 1.82) is 0 Å². The first-order valence-electron chi connectivity index (χ1n) is 38.8. The molecular weight excluding hydrogens is 1110 g/mol. The van der Waals surface area contributed by atoms with Crippen LogP contribution in [0.4, 0.5) is 0 Å². The highest BCUT2D eigenvalue weighted by Crippen LogP contribution is 2.24. The molecule has 0 saturated carbocycles. The number of aliphatic hydroxyl groups is 5. The Kier molecular flexibility index (Phi) is 64.2. The van der Waals surface area contributed by atoms with Crippen LogP contribution in [0.1, 0.15) is 386 Å². The zero-order chi connectivity index (χ0) is 64.4. The van der Waals surface area contributed by atoms with Crippen molar-refractivity contribution in [3.63, 3.8) is 0 Å². The fraction of sp³-hybridized carbons (Fsp3) is 0.897. The van der Waals surface area contributed by atoms with E-state index in [2.05, 4.69) is 43.5 Å². The van der Waals surface area contributed by atoms with Gasteiger partial charge in [0.05, 0.1) is 32.0 Å². The first kappa shape index (κ1) is 84.9. The zero-order valence-corrected chi connectivity index (χ0v) is 58.4. The molecular formula is C78H147NO10. The number of rotatable bonds is 69. The van der Waals surface area contributed by atoms with Crippen LogP contribution >= 0.6 is 0 Å². The van der Waals surface area contributed by atoms with Gasteiger partial charge < -0.3 is 45.1 Å². The number of ether oxygens (including phenoxy) is 3. The molecule has 1 aliphatic heterocycles. The summed E-state index contributed by atoms with van der Waals surface area (Å²) in [4.78, 5) is 25.1. The Bertz CT molecular complexity index is 1570. The van der Waals surface area contributed by atoms with E-state index in [-0.39, 0.29) is 18.5 Å². The van der Waals surface area contributed by atoms with E-state index in [1.54, 1.807) is 6.08 Å². The minimum Gasteiger partial charge on any atom is -0.466 e. The first-order chi connectivity index (χ1) is 43.7. The van der Waals surface area contributed by atoms with Crippen LogP contribution in [0.15, 0.2) is 36.5 Å². The Morgan fingerprint density at radius 1 is 0.404 bits per heavy atom. The number of hydrogen-bond acceptors (Lipinski definition) is 10. The molecule has 0 aromatic carbocycles. The third kappa shape index (κ3) is 56.0. The van der Waals surface area contributed by atoms with E-state index in [1.807, 2.05) is 6.08 Å². The van der Waals surface area contributed by atoms with Crippen LogP contribution in [0.3, 0.4) is 0 Å². The van der Waals surface area contributed by atoms with E-state index in [1.165, 1.54) is 302 Å². The van der Waals surface area contributed by atoms with E-state index < -0.39 is 49.5 Å². The molecule has 11 nitrogen and oxygen atoms in total. The normalized spacial score (nSPS) is 17.9. The van der Waals surface area contributed by atoms with Crippen LogP contribution in [-0.4, -0.2) is 100 Å². The van der Waals surface area contributed by atoms with Gasteiger partial charge in [0, 0.05) is 12.8 Å². The van der Waals surface area contributed by atoms with Crippen LogP contribution in [0.2, 0.25) is 0 Å². The summed E-state index contributed by atoms with van der Waals surface area (Å²) >= 11 is 0. The fourth-order valence-corrected chi connectivity index (χ4v) is 12.4. The van der Waals surface area contributed by atoms with Gasteiger partial charge in [-0.2, -0.15) is 0 Å². The molecule has 1 rings (SSSR count). The summed E-state index contributed by atoms with van der Waals surface area (Å²) in [6.07, 6.45) is 77.6. The second-order valence-corrected chi connectivity index (χ2v) is 27.1. The number of carbonyl (C=O) groups excluding carboxylic acids is 2. The highest BCUT2D eigenvalue weighted by Gasteiger charge is 2.44. The largest absolute Gasteiger partial charge is 0.466 e. The molecule has 0 bridgehead atoms. The smallest absolute Gasteiger partial charge is 0.305 e. The molecule has 11 heteroatoms. The van der Waals surface area contributed by atoms with Gasteiger partial charge in [-0.3, -0.25) is 9.59 Å². The molecule has 1 amide bonds. The van der Waals surface area contributed by atoms with E-state index in [4.69, 9.17) is 14.2 Å². The highest BCUT2D eigenvalue weighted by molar-refractivity contribution is 5.76. The van der Waals surface area contributed by atoms with E-state index >= 15 is 0 Å². The molecule has 0 spiro atoms. The van der Waals surface area contributed by atoms with Gasteiger partial charge in [-0.05, 0) is 83.5 Å². The van der Waals surface area contributed by atoms with Crippen molar-refractivity contribution in [1.82, 2.24) is 5.32 Å². The average Bonchev–Trinajstić information content (AvgIpc) is 1.92. The Morgan fingerprint density at radius 2 is 0.719 bits per heavy atom. The molecule has 0 aliphatic carbocycles. The van der Waals surface area contributed by atoms with Gasteiger partial charge in [0.2, 0.25) is 5.91 Å². The lowest BCUT2D eigenvalue weighted by atomic mass is 9.99. The summed E-state index contributed by atoms with van der Waals surface area (Å²) < 4.78 is 16.7. The number of esters is 1. The highest BCUT2D eigenvalue weighted by atomic mass is 16.7. The van der Waals surface area contributed by atoms with Gasteiger partial charge in [-0.25, -0.2) is 0 Å². The second-order valence-electron chi connectivity index (χ2n) is 27.1. The van der Waals surface area contributed by atoms with Crippen LogP contribution in [-0.2, 0) is 23.8 Å². The summed E-state index contributed by atoms with van der Waals surface area (Å²) in [6, 6.07) is -0.806. The molecule has 0 radical (unpaired) electrons. The number of unbranched alkanes of at least 4 members (excludes halogenated alkanes) is 51. The fourth-order valence-electron chi connectivity index (χ4n) is 12.4. The third-order valence-electron chi connectivity index (χ3n) is 18.5. The van der Waals surface area contributed by atoms with Crippen molar-refractivity contribution >= 4 is 11.9 Å². The quantitative estimate of drug-likeness (QED) is 0.0195. The van der Waals surface area contributed by atoms with Gasteiger partial charge in [-0.15, -0.1) is 0 Å². The summed E-state index contributed by atoms with van der Waals surface area (Å²) in [5.74, 6) is -0.168. The molecule has 1 saturated heterocycles. The summed E-state index contributed by atoms with van der Waals surface area (Å²) in [7, 11) is 0. The maximum Gasteiger partial charge on any atom is 0.305 e. The number of hydrogen-bond donors (Lipinski definition) is 6. The van der Waals surface area contributed by atoms with Crippen molar-refractivity contribution in [3.05, 3.63) is 36.5 Å². The number of aliphatic hydroxyl groups excluding tert-OH is 5. The molecule has 0 aromatic rings. The predicted octanol–water partition coefficient (Wildman–Crippen LogP) is 20.5. The lowest BCUT2D eigenvalue weighted by molar-refractivity contribution is -0.302. The Morgan fingerprint density at radius 3 is 1.08 bits per heavy atom. The zero-order valence-electron chi connectivity index (χ0n) is 58.4. The Labute approximate surface area is 549 Å². The minimum atomic E-state index is -1.57. The van der Waals surface area contributed by atoms with Crippen molar-refractivity contribution in [3.8, 4) is 0 Å². The molecule has 1 heterocycles. The van der Waals surface area contributed by atoms with Gasteiger partial charge >= 0.3 is 5.97 Å². The lowest BCUT2D eigenvalue weighted by Crippen LogP contribution is -2.60. The van der Waals surface area contributed by atoms with Crippen molar-refractivity contribution in [2.75, 3.05) is 19.8 Å². The maximum atomic E-state index is 13.0. The SMILES string of the molecule is CCCCCCCC/C=C\CCCCCCCCCC(=O)OCCCCCCCCCCCCCCCC/C=C\CCCCCCCCCCCCCCCCCCCC(=O)NC(COC1OC(CO)C(O)C(O)C1O)C(O)/C=C/CCCCCCCCC. The summed E-state index contributed by atoms with van der Waals surface area (Å²) in [5, 5.41) is 54.3.